The van der Waals surface area contributed by atoms with Gasteiger partial charge in [-0.05, 0) is 44.0 Å². The third-order valence-electron chi connectivity index (χ3n) is 4.52. The Balaban J connectivity index is 1.81. The number of halogens is 2. The van der Waals surface area contributed by atoms with Crippen LogP contribution in [-0.4, -0.2) is 30.0 Å². The Labute approximate surface area is 169 Å². The van der Waals surface area contributed by atoms with E-state index in [-0.39, 0.29) is 11.4 Å². The van der Waals surface area contributed by atoms with E-state index in [1.54, 1.807) is 6.92 Å². The molecule has 0 aliphatic carbocycles. The second-order valence-corrected chi connectivity index (χ2v) is 9.65. The zero-order chi connectivity index (χ0) is 21.5. The lowest BCUT2D eigenvalue weighted by atomic mass is 10.1. The summed E-state index contributed by atoms with van der Waals surface area (Å²) in [6, 6.07) is 3.24. The van der Waals surface area contributed by atoms with Crippen LogP contribution in [0.1, 0.15) is 33.4 Å². The Kier molecular flexibility index (Phi) is 5.54. The molecule has 0 spiro atoms. The van der Waals surface area contributed by atoms with Gasteiger partial charge in [-0.15, -0.1) is 16.4 Å². The van der Waals surface area contributed by atoms with Gasteiger partial charge in [0, 0.05) is 11.9 Å². The van der Waals surface area contributed by atoms with Gasteiger partial charge in [-0.3, -0.25) is 4.79 Å². The Hall–Kier alpha value is -2.66. The molecule has 3 aromatic rings. The molecule has 0 aliphatic rings. The molecule has 0 saturated heterocycles. The minimum atomic E-state index is -4.38. The number of hydrogen-bond donors (Lipinski definition) is 2. The number of aryl methyl sites for hydroxylation is 2. The summed E-state index contributed by atoms with van der Waals surface area (Å²) < 4.78 is 50.9. The lowest BCUT2D eigenvalue weighted by Gasteiger charge is -2.09. The number of hydrogen-bond acceptors (Lipinski definition) is 7. The van der Waals surface area contributed by atoms with Crippen LogP contribution >= 0.6 is 11.3 Å². The summed E-state index contributed by atoms with van der Waals surface area (Å²) in [5.74, 6) is -1.55. The number of alkyl halides is 1. The maximum atomic E-state index is 14.1. The van der Waals surface area contributed by atoms with Crippen molar-refractivity contribution in [3.8, 4) is 0 Å². The Bertz CT molecular complexity index is 1220. The van der Waals surface area contributed by atoms with Crippen LogP contribution in [0.4, 0.5) is 14.5 Å². The van der Waals surface area contributed by atoms with Gasteiger partial charge < -0.3 is 11.1 Å². The molecule has 0 aliphatic heterocycles. The van der Waals surface area contributed by atoms with Crippen molar-refractivity contribution in [3.05, 3.63) is 45.7 Å². The highest BCUT2D eigenvalue weighted by atomic mass is 32.2. The molecule has 11 heteroatoms. The van der Waals surface area contributed by atoms with E-state index in [0.717, 1.165) is 36.0 Å². The highest BCUT2D eigenvalue weighted by Gasteiger charge is 2.26. The normalized spacial score (nSPS) is 12.9. The van der Waals surface area contributed by atoms with Gasteiger partial charge in [-0.1, -0.05) is 6.07 Å². The van der Waals surface area contributed by atoms with Gasteiger partial charge in [0.1, 0.15) is 20.4 Å². The number of benzene rings is 1. The number of nitrogen functional groups attached to an aromatic ring is 1. The van der Waals surface area contributed by atoms with E-state index < -0.39 is 32.0 Å². The van der Waals surface area contributed by atoms with Crippen molar-refractivity contribution < 1.29 is 22.0 Å². The third kappa shape index (κ3) is 3.79. The summed E-state index contributed by atoms with van der Waals surface area (Å²) in [5, 5.41) is 11.4. The van der Waals surface area contributed by atoms with Crippen LogP contribution in [0.2, 0.25) is 0 Å². The highest BCUT2D eigenvalue weighted by Crippen LogP contribution is 2.34. The molecule has 0 bridgehead atoms. The Morgan fingerprint density at radius 2 is 2.00 bits per heavy atom. The smallest absolute Gasteiger partial charge is 0.263 e. The van der Waals surface area contributed by atoms with Gasteiger partial charge in [0.15, 0.2) is 0 Å². The molecule has 2 aromatic heterocycles. The minimum Gasteiger partial charge on any atom is -0.397 e. The van der Waals surface area contributed by atoms with Crippen LogP contribution in [0.15, 0.2) is 23.1 Å². The molecule has 154 valence electrons. The quantitative estimate of drug-likeness (QED) is 0.630. The lowest BCUT2D eigenvalue weighted by Crippen LogP contribution is -2.23. The predicted octanol–water partition coefficient (Wildman–Crippen LogP) is 3.05. The van der Waals surface area contributed by atoms with E-state index in [9.17, 15) is 22.0 Å². The number of fused-ring (bicyclic) bond motifs is 1. The van der Waals surface area contributed by atoms with Crippen molar-refractivity contribution in [2.24, 2.45) is 0 Å². The fourth-order valence-corrected chi connectivity index (χ4v) is 4.69. The number of carbonyl (C=O) groups is 1. The fraction of sp³-hybridized carbons (Fsp3) is 0.278. The van der Waals surface area contributed by atoms with Gasteiger partial charge in [0.25, 0.3) is 5.91 Å². The van der Waals surface area contributed by atoms with Crippen molar-refractivity contribution in [1.29, 1.82) is 0 Å². The van der Waals surface area contributed by atoms with Crippen LogP contribution < -0.4 is 11.1 Å². The topological polar surface area (TPSA) is 115 Å². The number of rotatable bonds is 5. The number of amides is 1. The van der Waals surface area contributed by atoms with Crippen molar-refractivity contribution in [1.82, 2.24) is 15.5 Å². The Morgan fingerprint density at radius 1 is 1.31 bits per heavy atom. The second kappa shape index (κ2) is 7.64. The van der Waals surface area contributed by atoms with Crippen LogP contribution in [0.25, 0.3) is 10.2 Å². The molecule has 7 nitrogen and oxygen atoms in total. The first-order valence-electron chi connectivity index (χ1n) is 8.50. The van der Waals surface area contributed by atoms with Crippen LogP contribution in [0.3, 0.4) is 0 Å². The standard InChI is InChI=1S/C18H18F2N4O3S2/c1-8-9(2)23-24-18-14(8)15(21)16(28-18)17(25)22-7-11-4-5-13(12(20)6-11)29(26,27)10(3)19/h4-6,10H,7,21H2,1-3H3,(H,22,25). The van der Waals surface area contributed by atoms with E-state index in [4.69, 9.17) is 5.73 Å². The molecule has 0 fully saturated rings. The van der Waals surface area contributed by atoms with E-state index in [0.29, 0.717) is 27.2 Å². The molecular weight excluding hydrogens is 422 g/mol. The number of nitrogens with two attached hydrogens (primary N) is 1. The molecule has 1 amide bonds. The summed E-state index contributed by atoms with van der Waals surface area (Å²) >= 11 is 1.10. The van der Waals surface area contributed by atoms with Crippen LogP contribution in [-0.2, 0) is 16.4 Å². The SMILES string of the molecule is Cc1nnc2sc(C(=O)NCc3ccc(S(=O)(=O)C(C)F)c(F)c3)c(N)c2c1C. The fourth-order valence-electron chi connectivity index (χ4n) is 2.73. The number of sulfone groups is 1. The number of nitrogens with zero attached hydrogens (tertiary/aromatic N) is 2. The average Bonchev–Trinajstić information content (AvgIpc) is 2.99. The number of carbonyl (C=O) groups excluding carboxylic acids is 1. The first-order chi connectivity index (χ1) is 13.5. The minimum absolute atomic E-state index is 0.0708. The second-order valence-electron chi connectivity index (χ2n) is 6.47. The molecule has 1 aromatic carbocycles. The molecule has 3 N–H and O–H groups in total. The van der Waals surface area contributed by atoms with E-state index >= 15 is 0 Å². The van der Waals surface area contributed by atoms with Crippen LogP contribution in [0, 0.1) is 19.7 Å². The summed E-state index contributed by atoms with van der Waals surface area (Å²) in [6.07, 6.45) is 0. The van der Waals surface area contributed by atoms with Crippen LogP contribution in [0.5, 0.6) is 0 Å². The Morgan fingerprint density at radius 3 is 2.62 bits per heavy atom. The molecule has 2 heterocycles. The summed E-state index contributed by atoms with van der Waals surface area (Å²) in [4.78, 5) is 12.6. The van der Waals surface area contributed by atoms with Gasteiger partial charge >= 0.3 is 0 Å². The number of thiophene rings is 1. The third-order valence-corrected chi connectivity index (χ3v) is 7.41. The van der Waals surface area contributed by atoms with Gasteiger partial charge in [-0.2, -0.15) is 5.10 Å². The van der Waals surface area contributed by atoms with Gasteiger partial charge in [0.2, 0.25) is 15.3 Å². The summed E-state index contributed by atoms with van der Waals surface area (Å²) in [5.41, 5.74) is 6.04. The summed E-state index contributed by atoms with van der Waals surface area (Å²) in [7, 11) is -4.38. The molecule has 0 saturated carbocycles. The highest BCUT2D eigenvalue weighted by molar-refractivity contribution is 7.91. The number of nitrogens with one attached hydrogen (secondary N) is 1. The molecular formula is C18H18F2N4O3S2. The average molecular weight is 440 g/mol. The molecule has 29 heavy (non-hydrogen) atoms. The van der Waals surface area contributed by atoms with E-state index in [1.807, 2.05) is 6.92 Å². The van der Waals surface area contributed by atoms with Crippen molar-refractivity contribution in [2.75, 3.05) is 5.73 Å². The van der Waals surface area contributed by atoms with Gasteiger partial charge in [-0.25, -0.2) is 17.2 Å². The van der Waals surface area contributed by atoms with E-state index in [1.165, 1.54) is 6.07 Å². The molecule has 1 unspecified atom stereocenters. The van der Waals surface area contributed by atoms with E-state index in [2.05, 4.69) is 15.5 Å². The zero-order valence-electron chi connectivity index (χ0n) is 15.8. The van der Waals surface area contributed by atoms with Crippen molar-refractivity contribution in [2.45, 2.75) is 37.7 Å². The molecule has 0 radical (unpaired) electrons. The summed E-state index contributed by atoms with van der Waals surface area (Å²) in [6.45, 7) is 4.39. The molecule has 1 atom stereocenters. The lowest BCUT2D eigenvalue weighted by molar-refractivity contribution is 0.0955. The van der Waals surface area contributed by atoms with Crippen molar-refractivity contribution in [3.63, 3.8) is 0 Å². The first kappa shape index (κ1) is 21.1. The predicted molar refractivity (Wildman–Crippen MR) is 107 cm³/mol. The largest absolute Gasteiger partial charge is 0.397 e. The molecule has 3 rings (SSSR count). The maximum absolute atomic E-state index is 14.1. The number of aromatic nitrogens is 2. The van der Waals surface area contributed by atoms with Crippen molar-refractivity contribution >= 4 is 43.0 Å². The zero-order valence-corrected chi connectivity index (χ0v) is 17.4. The maximum Gasteiger partial charge on any atom is 0.263 e. The number of anilines is 1. The monoisotopic (exact) mass is 440 g/mol. The van der Waals surface area contributed by atoms with Gasteiger partial charge in [0.05, 0.1) is 11.4 Å². The first-order valence-corrected chi connectivity index (χ1v) is 10.9.